The maximum Gasteiger partial charge on any atom is 0.164 e. The van der Waals surface area contributed by atoms with Crippen molar-refractivity contribution in [2.75, 3.05) is 7.11 Å². The van der Waals surface area contributed by atoms with Crippen LogP contribution in [0.15, 0.2) is 12.1 Å². The van der Waals surface area contributed by atoms with Crippen LogP contribution in [0.1, 0.15) is 37.7 Å². The molecule has 94 valence electrons. The molecule has 2 rings (SSSR count). The molecule has 0 spiro atoms. The molecule has 17 heavy (non-hydrogen) atoms. The van der Waals surface area contributed by atoms with E-state index in [2.05, 4.69) is 0 Å². The third-order valence-corrected chi connectivity index (χ3v) is 3.52. The molecule has 0 radical (unpaired) electrons. The third kappa shape index (κ3) is 2.27. The van der Waals surface area contributed by atoms with Gasteiger partial charge >= 0.3 is 0 Å². The highest BCUT2D eigenvalue weighted by Crippen LogP contribution is 2.38. The van der Waals surface area contributed by atoms with Gasteiger partial charge in [-0.15, -0.1) is 0 Å². The van der Waals surface area contributed by atoms with Gasteiger partial charge in [-0.3, -0.25) is 0 Å². The quantitative estimate of drug-likeness (QED) is 0.863. The molecule has 1 aliphatic rings. The normalized spacial score (nSPS) is 19.1. The Morgan fingerprint density at radius 2 is 1.82 bits per heavy atom. The van der Waals surface area contributed by atoms with Crippen molar-refractivity contribution in [3.05, 3.63) is 29.3 Å². The number of halogens is 2. The number of rotatable bonds is 2. The largest absolute Gasteiger partial charge is 0.497 e. The summed E-state index contributed by atoms with van der Waals surface area (Å²) in [6, 6.07) is 2.56. The predicted octanol–water partition coefficient (Wildman–Crippen LogP) is 3.09. The van der Waals surface area contributed by atoms with E-state index < -0.39 is 17.2 Å². The van der Waals surface area contributed by atoms with E-state index in [1.807, 2.05) is 0 Å². The van der Waals surface area contributed by atoms with Crippen LogP contribution in [0.25, 0.3) is 0 Å². The van der Waals surface area contributed by atoms with E-state index in [4.69, 9.17) is 10.5 Å². The van der Waals surface area contributed by atoms with E-state index in [1.54, 1.807) is 0 Å². The lowest BCUT2D eigenvalue weighted by atomic mass is 9.77. The van der Waals surface area contributed by atoms with Gasteiger partial charge in [0.15, 0.2) is 11.6 Å². The molecule has 2 nitrogen and oxygen atoms in total. The van der Waals surface area contributed by atoms with Gasteiger partial charge in [-0.1, -0.05) is 19.3 Å². The Morgan fingerprint density at radius 3 is 2.41 bits per heavy atom. The molecule has 1 saturated carbocycles. The van der Waals surface area contributed by atoms with E-state index in [0.717, 1.165) is 25.3 Å². The van der Waals surface area contributed by atoms with Gasteiger partial charge in [0.05, 0.1) is 7.11 Å². The Kier molecular flexibility index (Phi) is 3.33. The lowest BCUT2D eigenvalue weighted by molar-refractivity contribution is 0.287. The minimum atomic E-state index is -0.894. The van der Waals surface area contributed by atoms with Gasteiger partial charge < -0.3 is 10.5 Å². The number of methoxy groups -OCH3 is 1. The first-order valence-electron chi connectivity index (χ1n) is 5.89. The monoisotopic (exact) mass is 241 g/mol. The van der Waals surface area contributed by atoms with Crippen molar-refractivity contribution in [1.29, 1.82) is 0 Å². The van der Waals surface area contributed by atoms with Gasteiger partial charge in [-0.2, -0.15) is 0 Å². The molecular weight excluding hydrogens is 224 g/mol. The average molecular weight is 241 g/mol. The third-order valence-electron chi connectivity index (χ3n) is 3.52. The summed E-state index contributed by atoms with van der Waals surface area (Å²) >= 11 is 0. The summed E-state index contributed by atoms with van der Waals surface area (Å²) in [6.45, 7) is 0. The second-order valence-electron chi connectivity index (χ2n) is 4.69. The summed E-state index contributed by atoms with van der Waals surface area (Å²) < 4.78 is 32.2. The Balaban J connectivity index is 2.45. The first-order chi connectivity index (χ1) is 8.07. The Bertz CT molecular complexity index is 414. The highest BCUT2D eigenvalue weighted by Gasteiger charge is 2.33. The fraction of sp³-hybridized carbons (Fsp3) is 0.538. The first kappa shape index (κ1) is 12.3. The van der Waals surface area contributed by atoms with Crippen molar-refractivity contribution < 1.29 is 13.5 Å². The number of hydrogen-bond acceptors (Lipinski definition) is 2. The van der Waals surface area contributed by atoms with Crippen LogP contribution in [0.3, 0.4) is 0 Å². The van der Waals surface area contributed by atoms with Gasteiger partial charge in [-0.05, 0) is 18.9 Å². The lowest BCUT2D eigenvalue weighted by Gasteiger charge is -2.34. The van der Waals surface area contributed by atoms with Gasteiger partial charge in [0.2, 0.25) is 0 Å². The van der Waals surface area contributed by atoms with Crippen LogP contribution >= 0.6 is 0 Å². The maximum atomic E-state index is 13.8. The van der Waals surface area contributed by atoms with E-state index in [-0.39, 0.29) is 5.56 Å². The van der Waals surface area contributed by atoms with E-state index in [9.17, 15) is 8.78 Å². The molecule has 1 aromatic rings. The smallest absolute Gasteiger partial charge is 0.164 e. The van der Waals surface area contributed by atoms with Crippen molar-refractivity contribution in [2.24, 2.45) is 5.73 Å². The Morgan fingerprint density at radius 1 is 1.18 bits per heavy atom. The van der Waals surface area contributed by atoms with Crippen LogP contribution in [0.5, 0.6) is 5.75 Å². The summed E-state index contributed by atoms with van der Waals surface area (Å²) in [7, 11) is 1.43. The molecule has 1 fully saturated rings. The highest BCUT2D eigenvalue weighted by molar-refractivity contribution is 5.35. The van der Waals surface area contributed by atoms with E-state index in [1.165, 1.54) is 13.2 Å². The predicted molar refractivity (Wildman–Crippen MR) is 61.9 cm³/mol. The van der Waals surface area contributed by atoms with Gasteiger partial charge in [0.1, 0.15) is 5.75 Å². The second-order valence-corrected chi connectivity index (χ2v) is 4.69. The number of benzene rings is 1. The number of nitrogens with two attached hydrogens (primary N) is 1. The van der Waals surface area contributed by atoms with Gasteiger partial charge in [-0.25, -0.2) is 8.78 Å². The van der Waals surface area contributed by atoms with Crippen LogP contribution in [0, 0.1) is 11.6 Å². The molecule has 0 bridgehead atoms. The summed E-state index contributed by atoms with van der Waals surface area (Å²) in [6.07, 6.45) is 4.39. The van der Waals surface area contributed by atoms with E-state index in [0.29, 0.717) is 18.6 Å². The molecule has 1 aromatic carbocycles. The summed E-state index contributed by atoms with van der Waals surface area (Å²) in [4.78, 5) is 0. The SMILES string of the molecule is COc1cc(F)c(F)c(C2(N)CCCCC2)c1. The van der Waals surface area contributed by atoms with Crippen LogP contribution in [0.2, 0.25) is 0 Å². The zero-order chi connectivity index (χ0) is 12.5. The average Bonchev–Trinajstić information content (AvgIpc) is 2.33. The van der Waals surface area contributed by atoms with E-state index >= 15 is 0 Å². The van der Waals surface area contributed by atoms with Gasteiger partial charge in [0.25, 0.3) is 0 Å². The summed E-state index contributed by atoms with van der Waals surface area (Å²) in [5.74, 6) is -1.42. The Hall–Kier alpha value is -1.16. The minimum absolute atomic E-state index is 0.244. The lowest BCUT2D eigenvalue weighted by Crippen LogP contribution is -2.39. The molecule has 0 aromatic heterocycles. The molecule has 0 aliphatic heterocycles. The number of ether oxygens (including phenoxy) is 1. The first-order valence-corrected chi connectivity index (χ1v) is 5.89. The fourth-order valence-electron chi connectivity index (χ4n) is 2.50. The fourth-order valence-corrected chi connectivity index (χ4v) is 2.50. The summed E-state index contributed by atoms with van der Waals surface area (Å²) in [5, 5.41) is 0. The maximum absolute atomic E-state index is 13.8. The molecule has 0 amide bonds. The molecule has 0 heterocycles. The van der Waals surface area contributed by atoms with Crippen LogP contribution in [-0.2, 0) is 5.54 Å². The minimum Gasteiger partial charge on any atom is -0.497 e. The molecular formula is C13H17F2NO. The van der Waals surface area contributed by atoms with Crippen LogP contribution in [-0.4, -0.2) is 7.11 Å². The zero-order valence-electron chi connectivity index (χ0n) is 9.93. The Labute approximate surface area is 99.8 Å². The van der Waals surface area contributed by atoms with Crippen LogP contribution in [0.4, 0.5) is 8.78 Å². The van der Waals surface area contributed by atoms with Crippen molar-refractivity contribution in [3.63, 3.8) is 0 Å². The second kappa shape index (κ2) is 4.61. The van der Waals surface area contributed by atoms with Crippen molar-refractivity contribution in [3.8, 4) is 5.75 Å². The van der Waals surface area contributed by atoms with Crippen molar-refractivity contribution in [2.45, 2.75) is 37.6 Å². The van der Waals surface area contributed by atoms with Crippen molar-refractivity contribution >= 4 is 0 Å². The summed E-state index contributed by atoms with van der Waals surface area (Å²) in [5.41, 5.74) is 5.70. The topological polar surface area (TPSA) is 35.2 Å². The highest BCUT2D eigenvalue weighted by atomic mass is 19.2. The standard InChI is InChI=1S/C13H17F2NO/c1-17-9-7-10(12(15)11(14)8-9)13(16)5-3-2-4-6-13/h7-8H,2-6,16H2,1H3. The molecule has 0 atom stereocenters. The molecule has 4 heteroatoms. The molecule has 0 saturated heterocycles. The number of hydrogen-bond donors (Lipinski definition) is 1. The van der Waals surface area contributed by atoms with Crippen molar-refractivity contribution in [1.82, 2.24) is 0 Å². The van der Waals surface area contributed by atoms with Crippen LogP contribution < -0.4 is 10.5 Å². The molecule has 2 N–H and O–H groups in total. The van der Waals surface area contributed by atoms with Gasteiger partial charge in [0, 0.05) is 17.2 Å². The zero-order valence-corrected chi connectivity index (χ0v) is 9.93. The molecule has 1 aliphatic carbocycles. The molecule has 0 unspecified atom stereocenters.